The molecule has 1 N–H and O–H groups in total. The molecule has 112 valence electrons. The van der Waals surface area contributed by atoms with Crippen molar-refractivity contribution in [1.29, 1.82) is 0 Å². The smallest absolute Gasteiger partial charge is 0.0480 e. The van der Waals surface area contributed by atoms with E-state index in [1.54, 1.807) is 0 Å². The van der Waals surface area contributed by atoms with Crippen LogP contribution in [0.25, 0.3) is 0 Å². The lowest BCUT2D eigenvalue weighted by Gasteiger charge is -2.19. The summed E-state index contributed by atoms with van der Waals surface area (Å²) in [6, 6.07) is 11.3. The third kappa shape index (κ3) is 6.04. The predicted octanol–water partition coefficient (Wildman–Crippen LogP) is 2.67. The molecule has 0 aliphatic carbocycles. The number of benzene rings is 1. The predicted molar refractivity (Wildman–Crippen MR) is 83.9 cm³/mol. The van der Waals surface area contributed by atoms with E-state index >= 15 is 0 Å². The zero-order valence-electron chi connectivity index (χ0n) is 12.7. The molecule has 1 saturated heterocycles. The van der Waals surface area contributed by atoms with Crippen molar-refractivity contribution in [2.45, 2.75) is 38.3 Å². The van der Waals surface area contributed by atoms with Gasteiger partial charge in [0.25, 0.3) is 0 Å². The zero-order valence-corrected chi connectivity index (χ0v) is 12.7. The average molecular weight is 276 g/mol. The maximum atomic E-state index is 5.49. The van der Waals surface area contributed by atoms with E-state index in [-0.39, 0.29) is 0 Å². The van der Waals surface area contributed by atoms with E-state index in [0.717, 1.165) is 32.8 Å². The van der Waals surface area contributed by atoms with Gasteiger partial charge >= 0.3 is 0 Å². The highest BCUT2D eigenvalue weighted by Gasteiger charge is 2.11. The molecular formula is C17H28N2O. The van der Waals surface area contributed by atoms with Crippen molar-refractivity contribution in [3.63, 3.8) is 0 Å². The fourth-order valence-electron chi connectivity index (χ4n) is 2.74. The number of nitrogens with one attached hydrogen (secondary N) is 1. The van der Waals surface area contributed by atoms with E-state index in [1.165, 1.54) is 31.2 Å². The van der Waals surface area contributed by atoms with Crippen LogP contribution < -0.4 is 5.32 Å². The molecule has 0 saturated carbocycles. The van der Waals surface area contributed by atoms with Crippen molar-refractivity contribution >= 4 is 0 Å². The van der Waals surface area contributed by atoms with E-state index in [9.17, 15) is 0 Å². The Morgan fingerprint density at radius 2 is 2.05 bits per heavy atom. The molecule has 2 rings (SSSR count). The average Bonchev–Trinajstić information content (AvgIpc) is 2.73. The quantitative estimate of drug-likeness (QED) is 0.775. The van der Waals surface area contributed by atoms with Crippen molar-refractivity contribution in [1.82, 2.24) is 10.2 Å². The molecule has 0 spiro atoms. The van der Waals surface area contributed by atoms with Crippen LogP contribution in [-0.4, -0.2) is 44.3 Å². The molecule has 1 heterocycles. The topological polar surface area (TPSA) is 24.5 Å². The van der Waals surface area contributed by atoms with Gasteiger partial charge in [-0.05, 0) is 51.4 Å². The Hall–Kier alpha value is -0.900. The summed E-state index contributed by atoms with van der Waals surface area (Å²) in [6.45, 7) is 5.16. The zero-order chi connectivity index (χ0) is 14.0. The minimum absolute atomic E-state index is 0.664. The summed E-state index contributed by atoms with van der Waals surface area (Å²) in [4.78, 5) is 2.40. The third-order valence-corrected chi connectivity index (χ3v) is 3.90. The van der Waals surface area contributed by atoms with Gasteiger partial charge in [0, 0.05) is 25.8 Å². The van der Waals surface area contributed by atoms with Gasteiger partial charge in [-0.15, -0.1) is 0 Å². The molecule has 1 aromatic rings. The lowest BCUT2D eigenvalue weighted by atomic mass is 10.1. The maximum absolute atomic E-state index is 5.49. The van der Waals surface area contributed by atoms with E-state index in [0.29, 0.717) is 6.04 Å². The molecule has 0 aromatic heterocycles. The minimum Gasteiger partial charge on any atom is -0.381 e. The van der Waals surface area contributed by atoms with E-state index in [1.807, 2.05) is 0 Å². The first-order chi connectivity index (χ1) is 9.84. The first-order valence-electron chi connectivity index (χ1n) is 7.88. The van der Waals surface area contributed by atoms with Crippen molar-refractivity contribution in [2.24, 2.45) is 0 Å². The highest BCUT2D eigenvalue weighted by atomic mass is 16.5. The molecule has 0 amide bonds. The second-order valence-electron chi connectivity index (χ2n) is 5.77. The first-order valence-corrected chi connectivity index (χ1v) is 7.88. The van der Waals surface area contributed by atoms with Crippen molar-refractivity contribution in [2.75, 3.05) is 33.4 Å². The fourth-order valence-corrected chi connectivity index (χ4v) is 2.74. The Bertz CT molecular complexity index is 347. The van der Waals surface area contributed by atoms with Gasteiger partial charge in [-0.3, -0.25) is 0 Å². The molecule has 3 heteroatoms. The van der Waals surface area contributed by atoms with Gasteiger partial charge in [-0.25, -0.2) is 0 Å². The summed E-state index contributed by atoms with van der Waals surface area (Å²) in [5, 5.41) is 3.67. The summed E-state index contributed by atoms with van der Waals surface area (Å²) in [6.07, 6.45) is 4.84. The summed E-state index contributed by atoms with van der Waals surface area (Å²) in [5.74, 6) is 0. The molecule has 1 aliphatic heterocycles. The molecule has 1 aliphatic rings. The largest absolute Gasteiger partial charge is 0.381 e. The lowest BCUT2D eigenvalue weighted by molar-refractivity contribution is 0.142. The Labute approximate surface area is 123 Å². The van der Waals surface area contributed by atoms with E-state index in [2.05, 4.69) is 47.6 Å². The van der Waals surface area contributed by atoms with Crippen LogP contribution in [0.1, 0.15) is 31.2 Å². The minimum atomic E-state index is 0.664. The number of ether oxygens (including phenoxy) is 1. The molecule has 1 unspecified atom stereocenters. The van der Waals surface area contributed by atoms with Crippen LogP contribution in [0, 0.1) is 0 Å². The standard InChI is InChI=1S/C17H28N2O/c1-19(15-16-7-3-2-4-8-16)12-6-11-18-17-9-5-13-20-14-10-17/h2-4,7-8,17-18H,5-6,9-15H2,1H3. The molecule has 3 nitrogen and oxygen atoms in total. The molecule has 1 aromatic carbocycles. The van der Waals surface area contributed by atoms with Crippen LogP contribution in [0.3, 0.4) is 0 Å². The highest BCUT2D eigenvalue weighted by molar-refractivity contribution is 5.14. The van der Waals surface area contributed by atoms with Gasteiger partial charge in [0.1, 0.15) is 0 Å². The third-order valence-electron chi connectivity index (χ3n) is 3.90. The molecular weight excluding hydrogens is 248 g/mol. The molecule has 0 radical (unpaired) electrons. The SMILES string of the molecule is CN(CCCNC1CCCOCC1)Cc1ccccc1. The first kappa shape index (κ1) is 15.5. The summed E-state index contributed by atoms with van der Waals surface area (Å²) in [7, 11) is 2.20. The van der Waals surface area contributed by atoms with Crippen LogP contribution in [0.5, 0.6) is 0 Å². The second-order valence-corrected chi connectivity index (χ2v) is 5.77. The second kappa shape index (κ2) is 9.11. The van der Waals surface area contributed by atoms with Gasteiger partial charge in [-0.1, -0.05) is 30.3 Å². The fraction of sp³-hybridized carbons (Fsp3) is 0.647. The van der Waals surface area contributed by atoms with Gasteiger partial charge in [0.15, 0.2) is 0 Å². The van der Waals surface area contributed by atoms with Crippen LogP contribution >= 0.6 is 0 Å². The number of hydrogen-bond donors (Lipinski definition) is 1. The molecule has 20 heavy (non-hydrogen) atoms. The Balaban J connectivity index is 1.56. The Morgan fingerprint density at radius 3 is 2.90 bits per heavy atom. The van der Waals surface area contributed by atoms with Crippen molar-refractivity contribution in [3.8, 4) is 0 Å². The van der Waals surface area contributed by atoms with Crippen molar-refractivity contribution < 1.29 is 4.74 Å². The number of hydrogen-bond acceptors (Lipinski definition) is 3. The number of rotatable bonds is 7. The normalized spacial score (nSPS) is 20.0. The van der Waals surface area contributed by atoms with Crippen molar-refractivity contribution in [3.05, 3.63) is 35.9 Å². The Morgan fingerprint density at radius 1 is 1.20 bits per heavy atom. The van der Waals surface area contributed by atoms with Crippen LogP contribution in [0.4, 0.5) is 0 Å². The Kier molecular flexibility index (Phi) is 7.06. The maximum Gasteiger partial charge on any atom is 0.0480 e. The summed E-state index contributed by atoms with van der Waals surface area (Å²) < 4.78 is 5.49. The van der Waals surface area contributed by atoms with Gasteiger partial charge in [-0.2, -0.15) is 0 Å². The number of nitrogens with zero attached hydrogens (tertiary/aromatic N) is 1. The van der Waals surface area contributed by atoms with Crippen LogP contribution in [0.2, 0.25) is 0 Å². The van der Waals surface area contributed by atoms with Crippen LogP contribution in [-0.2, 0) is 11.3 Å². The van der Waals surface area contributed by atoms with Gasteiger partial charge in [0.2, 0.25) is 0 Å². The van der Waals surface area contributed by atoms with Gasteiger partial charge < -0.3 is 15.0 Å². The molecule has 1 atom stereocenters. The monoisotopic (exact) mass is 276 g/mol. The summed E-state index contributed by atoms with van der Waals surface area (Å²) >= 11 is 0. The van der Waals surface area contributed by atoms with Gasteiger partial charge in [0.05, 0.1) is 0 Å². The highest BCUT2D eigenvalue weighted by Crippen LogP contribution is 2.08. The summed E-state index contributed by atoms with van der Waals surface area (Å²) in [5.41, 5.74) is 1.39. The molecule has 0 bridgehead atoms. The van der Waals surface area contributed by atoms with Crippen LogP contribution in [0.15, 0.2) is 30.3 Å². The molecule has 1 fully saturated rings. The lowest BCUT2D eigenvalue weighted by Crippen LogP contribution is -2.32. The van der Waals surface area contributed by atoms with E-state index in [4.69, 9.17) is 4.74 Å². The van der Waals surface area contributed by atoms with E-state index < -0.39 is 0 Å².